The minimum absolute atomic E-state index is 0.0550. The molecule has 2 aliphatic carbocycles. The highest BCUT2D eigenvalue weighted by atomic mass is 35.5. The molecule has 0 bridgehead atoms. The Morgan fingerprint density at radius 2 is 1.73 bits per heavy atom. The van der Waals surface area contributed by atoms with Crippen molar-refractivity contribution < 1.29 is 19.4 Å². The zero-order valence-corrected chi connectivity index (χ0v) is 19.1. The normalized spacial score (nSPS) is 27.1. The first-order valence-electron chi connectivity index (χ1n) is 11.5. The molecule has 0 spiro atoms. The second kappa shape index (κ2) is 10.8. The first-order chi connectivity index (χ1) is 16.0. The van der Waals surface area contributed by atoms with Crippen LogP contribution in [0.5, 0.6) is 5.75 Å². The number of carbonyl (C=O) groups excluding carboxylic acids is 1. The number of rotatable bonds is 6. The molecule has 0 unspecified atom stereocenters. The standard InChI is InChI=1S/C24H29ClN4O4/c25-21-13-20(6-1-15(21)14-26)32-18-7-2-16(3-8-18)27-24(31)22-11-12-23(29-28-22)33-19-9-4-17(30)5-10-19/h1,6,11-13,16-19,28-30H,2-5,7-10H2,(H,27,31). The van der Waals surface area contributed by atoms with Crippen LogP contribution in [0.15, 0.2) is 41.9 Å². The van der Waals surface area contributed by atoms with Gasteiger partial charge >= 0.3 is 0 Å². The number of amides is 1. The lowest BCUT2D eigenvalue weighted by Crippen LogP contribution is -2.46. The van der Waals surface area contributed by atoms with Crippen LogP contribution >= 0.6 is 11.6 Å². The third kappa shape index (κ3) is 6.34. The average Bonchev–Trinajstić information content (AvgIpc) is 2.82. The van der Waals surface area contributed by atoms with Gasteiger partial charge in [0.25, 0.3) is 5.91 Å². The molecule has 3 aliphatic rings. The van der Waals surface area contributed by atoms with E-state index in [-0.39, 0.29) is 30.3 Å². The van der Waals surface area contributed by atoms with Crippen LogP contribution in [0, 0.1) is 11.3 Å². The highest BCUT2D eigenvalue weighted by Crippen LogP contribution is 2.27. The number of nitrogens with one attached hydrogen (secondary N) is 3. The van der Waals surface area contributed by atoms with E-state index in [2.05, 4.69) is 16.2 Å². The maximum absolute atomic E-state index is 12.6. The van der Waals surface area contributed by atoms with Crippen molar-refractivity contribution in [1.82, 2.24) is 16.2 Å². The molecule has 2 saturated carbocycles. The molecule has 9 heteroatoms. The molecule has 0 atom stereocenters. The SMILES string of the molecule is N#Cc1ccc(OC2CCC(NC(=O)C3=CC=C(OC4CCC(O)CC4)NN3)CC2)cc1Cl. The van der Waals surface area contributed by atoms with Crippen molar-refractivity contribution in [3.8, 4) is 11.8 Å². The van der Waals surface area contributed by atoms with E-state index < -0.39 is 0 Å². The number of hydrogen-bond donors (Lipinski definition) is 4. The van der Waals surface area contributed by atoms with Gasteiger partial charge in [-0.15, -0.1) is 0 Å². The van der Waals surface area contributed by atoms with Crippen LogP contribution in [-0.2, 0) is 9.53 Å². The van der Waals surface area contributed by atoms with Gasteiger partial charge in [0.2, 0.25) is 5.88 Å². The predicted molar refractivity (Wildman–Crippen MR) is 123 cm³/mol. The summed E-state index contributed by atoms with van der Waals surface area (Å²) >= 11 is 6.08. The molecule has 8 nitrogen and oxygen atoms in total. The Hall–Kier alpha value is -2.89. The Morgan fingerprint density at radius 1 is 1.03 bits per heavy atom. The highest BCUT2D eigenvalue weighted by molar-refractivity contribution is 6.31. The molecular weight excluding hydrogens is 444 g/mol. The zero-order chi connectivity index (χ0) is 23.2. The van der Waals surface area contributed by atoms with Gasteiger partial charge < -0.3 is 19.9 Å². The second-order valence-corrected chi connectivity index (χ2v) is 9.14. The van der Waals surface area contributed by atoms with Crippen molar-refractivity contribution in [2.75, 3.05) is 0 Å². The summed E-state index contributed by atoms with van der Waals surface area (Å²) in [6.45, 7) is 0. The van der Waals surface area contributed by atoms with Crippen molar-refractivity contribution in [3.63, 3.8) is 0 Å². The maximum Gasteiger partial charge on any atom is 0.269 e. The fourth-order valence-electron chi connectivity index (χ4n) is 4.36. The molecule has 0 radical (unpaired) electrons. The van der Waals surface area contributed by atoms with Crippen LogP contribution in [0.25, 0.3) is 0 Å². The van der Waals surface area contributed by atoms with Gasteiger partial charge in [0.1, 0.15) is 23.6 Å². The van der Waals surface area contributed by atoms with Crippen molar-refractivity contribution >= 4 is 17.5 Å². The number of ether oxygens (including phenoxy) is 2. The smallest absolute Gasteiger partial charge is 0.269 e. The lowest BCUT2D eigenvalue weighted by Gasteiger charge is -2.31. The molecule has 4 rings (SSSR count). The van der Waals surface area contributed by atoms with E-state index in [4.69, 9.17) is 26.3 Å². The molecule has 4 N–H and O–H groups in total. The molecule has 1 amide bonds. The van der Waals surface area contributed by atoms with E-state index in [0.717, 1.165) is 51.4 Å². The van der Waals surface area contributed by atoms with Crippen molar-refractivity contribution in [2.45, 2.75) is 75.7 Å². The van der Waals surface area contributed by atoms with Crippen molar-refractivity contribution in [3.05, 3.63) is 52.5 Å². The minimum atomic E-state index is -0.220. The summed E-state index contributed by atoms with van der Waals surface area (Å²) < 4.78 is 11.9. The number of hydrogen-bond acceptors (Lipinski definition) is 7. The molecule has 0 saturated heterocycles. The minimum Gasteiger partial charge on any atom is -0.490 e. The van der Waals surface area contributed by atoms with Gasteiger partial charge in [-0.3, -0.25) is 15.6 Å². The predicted octanol–water partition coefficient (Wildman–Crippen LogP) is 3.17. The third-order valence-electron chi connectivity index (χ3n) is 6.28. The van der Waals surface area contributed by atoms with Crippen LogP contribution in [0.2, 0.25) is 5.02 Å². The van der Waals surface area contributed by atoms with E-state index in [1.165, 1.54) is 0 Å². The van der Waals surface area contributed by atoms with Gasteiger partial charge in [-0.2, -0.15) is 5.26 Å². The quantitative estimate of drug-likeness (QED) is 0.502. The zero-order valence-electron chi connectivity index (χ0n) is 18.4. The Kier molecular flexibility index (Phi) is 7.63. The van der Waals surface area contributed by atoms with E-state index in [0.29, 0.717) is 27.9 Å². The van der Waals surface area contributed by atoms with Crippen LogP contribution in [-0.4, -0.2) is 35.4 Å². The first kappa shape index (κ1) is 23.3. The van der Waals surface area contributed by atoms with Crippen LogP contribution < -0.4 is 20.9 Å². The van der Waals surface area contributed by atoms with Gasteiger partial charge in [0, 0.05) is 18.2 Å². The molecule has 2 fully saturated rings. The van der Waals surface area contributed by atoms with E-state index >= 15 is 0 Å². The van der Waals surface area contributed by atoms with E-state index in [1.807, 2.05) is 6.07 Å². The van der Waals surface area contributed by atoms with Crippen molar-refractivity contribution in [1.29, 1.82) is 5.26 Å². The fourth-order valence-corrected chi connectivity index (χ4v) is 4.57. The molecule has 1 aromatic rings. The molecule has 33 heavy (non-hydrogen) atoms. The van der Waals surface area contributed by atoms with Gasteiger partial charge in [-0.05, 0) is 69.6 Å². The molecule has 1 heterocycles. The lowest BCUT2D eigenvalue weighted by atomic mass is 9.92. The topological polar surface area (TPSA) is 116 Å². The molecule has 1 aromatic carbocycles. The molecular formula is C24H29ClN4O4. The number of carbonyl (C=O) groups is 1. The maximum atomic E-state index is 12.6. The third-order valence-corrected chi connectivity index (χ3v) is 6.59. The monoisotopic (exact) mass is 472 g/mol. The van der Waals surface area contributed by atoms with Gasteiger partial charge in [-0.1, -0.05) is 11.6 Å². The number of nitriles is 1. The number of halogens is 1. The number of aliphatic hydroxyl groups is 1. The summed E-state index contributed by atoms with van der Waals surface area (Å²) in [4.78, 5) is 12.6. The van der Waals surface area contributed by atoms with Crippen LogP contribution in [0.4, 0.5) is 0 Å². The fraction of sp³-hybridized carbons (Fsp3) is 0.500. The summed E-state index contributed by atoms with van der Waals surface area (Å²) in [7, 11) is 0. The number of aliphatic hydroxyl groups excluding tert-OH is 1. The van der Waals surface area contributed by atoms with E-state index in [1.54, 1.807) is 30.4 Å². The number of benzene rings is 1. The van der Waals surface area contributed by atoms with E-state index in [9.17, 15) is 9.90 Å². The number of hydrazine groups is 1. The lowest BCUT2D eigenvalue weighted by molar-refractivity contribution is -0.119. The summed E-state index contributed by atoms with van der Waals surface area (Å²) in [6, 6.07) is 7.21. The number of nitrogens with zero attached hydrogens (tertiary/aromatic N) is 1. The Morgan fingerprint density at radius 3 is 2.36 bits per heavy atom. The molecule has 0 aromatic heterocycles. The Balaban J connectivity index is 1.21. The van der Waals surface area contributed by atoms with Crippen molar-refractivity contribution in [2.24, 2.45) is 0 Å². The summed E-state index contributed by atoms with van der Waals surface area (Å²) in [6.07, 6.45) is 9.81. The molecule has 1 aliphatic heterocycles. The van der Waals surface area contributed by atoms with Crippen LogP contribution in [0.3, 0.4) is 0 Å². The van der Waals surface area contributed by atoms with Gasteiger partial charge in [-0.25, -0.2) is 0 Å². The number of allylic oxidation sites excluding steroid dienone is 2. The Labute approximate surface area is 198 Å². The van der Waals surface area contributed by atoms with Gasteiger partial charge in [0.15, 0.2) is 0 Å². The van der Waals surface area contributed by atoms with Gasteiger partial charge in [0.05, 0.1) is 22.8 Å². The van der Waals surface area contributed by atoms with Crippen LogP contribution in [0.1, 0.15) is 56.9 Å². The largest absolute Gasteiger partial charge is 0.490 e. The first-order valence-corrected chi connectivity index (χ1v) is 11.8. The summed E-state index contributed by atoms with van der Waals surface area (Å²) in [5, 5.41) is 22.0. The molecule has 176 valence electrons. The Bertz CT molecular complexity index is 958. The second-order valence-electron chi connectivity index (χ2n) is 8.73. The average molecular weight is 473 g/mol. The summed E-state index contributed by atoms with van der Waals surface area (Å²) in [5.74, 6) is 1.07. The highest BCUT2D eigenvalue weighted by Gasteiger charge is 2.26. The summed E-state index contributed by atoms with van der Waals surface area (Å²) in [5.41, 5.74) is 6.71.